The average molecular weight is 367 g/mol. The van der Waals surface area contributed by atoms with Gasteiger partial charge in [0.25, 0.3) is 0 Å². The predicted octanol–water partition coefficient (Wildman–Crippen LogP) is 3.57. The Balaban J connectivity index is 1.75. The summed E-state index contributed by atoms with van der Waals surface area (Å²) in [4.78, 5) is 23.8. The van der Waals surface area contributed by atoms with Crippen LogP contribution in [0.5, 0.6) is 5.75 Å². The normalized spacial score (nSPS) is 10.6. The highest BCUT2D eigenvalue weighted by Crippen LogP contribution is 2.16. The first-order chi connectivity index (χ1) is 13.0. The van der Waals surface area contributed by atoms with Gasteiger partial charge in [0.1, 0.15) is 5.75 Å². The summed E-state index contributed by atoms with van der Waals surface area (Å²) in [6.45, 7) is 6.43. The molecular weight excluding hydrogens is 342 g/mol. The minimum Gasteiger partial charge on any atom is -0.494 e. The molecular formula is C21H25N3O3. The topological polar surface area (TPSA) is 79.8 Å². The number of nitrogens with one attached hydrogen (secondary N) is 2. The van der Waals surface area contributed by atoms with Gasteiger partial charge >= 0.3 is 0 Å². The zero-order valence-electron chi connectivity index (χ0n) is 15.9. The number of nitrogens with zero attached hydrogens (tertiary/aromatic N) is 1. The summed E-state index contributed by atoms with van der Waals surface area (Å²) in [7, 11) is 0. The van der Waals surface area contributed by atoms with Crippen molar-refractivity contribution >= 4 is 23.7 Å². The number of hydrogen-bond donors (Lipinski definition) is 2. The minimum absolute atomic E-state index is 0.0668. The molecule has 0 unspecified atom stereocenters. The van der Waals surface area contributed by atoms with Crippen LogP contribution in [-0.4, -0.2) is 24.6 Å². The standard InChI is InChI=1S/C21H25N3O3/c1-4-27-18-9-7-17(8-10-18)14-22-24-21(26)12-11-20(25)23-19-13-15(2)5-6-16(19)3/h5-10,13-14H,4,11-12H2,1-3H3,(H,23,25)(H,24,26). The Hall–Kier alpha value is -3.15. The number of hydrogen-bond acceptors (Lipinski definition) is 4. The van der Waals surface area contributed by atoms with Crippen LogP contribution in [0.1, 0.15) is 36.5 Å². The smallest absolute Gasteiger partial charge is 0.240 e. The number of carbonyl (C=O) groups is 2. The minimum atomic E-state index is -0.312. The molecule has 6 heteroatoms. The van der Waals surface area contributed by atoms with Crippen LogP contribution >= 0.6 is 0 Å². The number of rotatable bonds is 8. The lowest BCUT2D eigenvalue weighted by atomic mass is 10.1. The lowest BCUT2D eigenvalue weighted by Gasteiger charge is -2.09. The number of ether oxygens (including phenoxy) is 1. The van der Waals surface area contributed by atoms with Crippen LogP contribution in [0.25, 0.3) is 0 Å². The number of hydrazone groups is 1. The molecule has 2 aromatic rings. The van der Waals surface area contributed by atoms with Crippen molar-refractivity contribution in [3.63, 3.8) is 0 Å². The van der Waals surface area contributed by atoms with Crippen molar-refractivity contribution in [3.05, 3.63) is 59.2 Å². The molecule has 0 heterocycles. The van der Waals surface area contributed by atoms with Gasteiger partial charge in [0, 0.05) is 18.5 Å². The molecule has 0 fully saturated rings. The number of anilines is 1. The molecule has 0 aliphatic heterocycles. The fourth-order valence-corrected chi connectivity index (χ4v) is 2.36. The van der Waals surface area contributed by atoms with Crippen molar-refractivity contribution in [2.45, 2.75) is 33.6 Å². The summed E-state index contributed by atoms with van der Waals surface area (Å²) < 4.78 is 5.36. The van der Waals surface area contributed by atoms with Crippen molar-refractivity contribution in [3.8, 4) is 5.75 Å². The number of carbonyl (C=O) groups excluding carboxylic acids is 2. The molecule has 0 radical (unpaired) electrons. The van der Waals surface area contributed by atoms with E-state index in [2.05, 4.69) is 15.8 Å². The molecule has 0 spiro atoms. The molecule has 6 nitrogen and oxygen atoms in total. The summed E-state index contributed by atoms with van der Waals surface area (Å²) in [5.74, 6) is 0.274. The quantitative estimate of drug-likeness (QED) is 0.553. The van der Waals surface area contributed by atoms with E-state index in [9.17, 15) is 9.59 Å². The molecule has 0 saturated heterocycles. The molecule has 142 valence electrons. The van der Waals surface area contributed by atoms with Crippen LogP contribution in [0.15, 0.2) is 47.6 Å². The fourth-order valence-electron chi connectivity index (χ4n) is 2.36. The Morgan fingerprint density at radius 3 is 2.44 bits per heavy atom. The van der Waals surface area contributed by atoms with E-state index in [4.69, 9.17) is 4.74 Å². The predicted molar refractivity (Wildman–Crippen MR) is 107 cm³/mol. The van der Waals surface area contributed by atoms with Crippen LogP contribution in [0.2, 0.25) is 0 Å². The van der Waals surface area contributed by atoms with Gasteiger partial charge in [0.15, 0.2) is 0 Å². The first-order valence-electron chi connectivity index (χ1n) is 8.90. The van der Waals surface area contributed by atoms with Gasteiger partial charge in [0.05, 0.1) is 12.8 Å². The summed E-state index contributed by atoms with van der Waals surface area (Å²) >= 11 is 0. The maximum absolute atomic E-state index is 12.0. The summed E-state index contributed by atoms with van der Waals surface area (Å²) in [5, 5.41) is 6.74. The first kappa shape index (κ1) is 20.2. The second-order valence-corrected chi connectivity index (χ2v) is 6.16. The van der Waals surface area contributed by atoms with E-state index in [0.717, 1.165) is 28.1 Å². The second kappa shape index (κ2) is 10.1. The molecule has 2 amide bonds. The lowest BCUT2D eigenvalue weighted by Crippen LogP contribution is -2.20. The van der Waals surface area contributed by atoms with Crippen LogP contribution in [0, 0.1) is 13.8 Å². The Kier molecular flexibility index (Phi) is 7.55. The van der Waals surface area contributed by atoms with E-state index >= 15 is 0 Å². The molecule has 0 aromatic heterocycles. The van der Waals surface area contributed by atoms with Crippen molar-refractivity contribution < 1.29 is 14.3 Å². The average Bonchev–Trinajstić information content (AvgIpc) is 2.65. The SMILES string of the molecule is CCOc1ccc(C=NNC(=O)CCC(=O)Nc2cc(C)ccc2C)cc1. The van der Waals surface area contributed by atoms with Gasteiger partial charge < -0.3 is 10.1 Å². The molecule has 2 aromatic carbocycles. The van der Waals surface area contributed by atoms with Crippen molar-refractivity contribution in [1.82, 2.24) is 5.43 Å². The van der Waals surface area contributed by atoms with Crippen LogP contribution < -0.4 is 15.5 Å². The van der Waals surface area contributed by atoms with Crippen molar-refractivity contribution in [1.29, 1.82) is 0 Å². The third-order valence-electron chi connectivity index (χ3n) is 3.84. The van der Waals surface area contributed by atoms with Gasteiger partial charge in [-0.15, -0.1) is 0 Å². The monoisotopic (exact) mass is 367 g/mol. The molecule has 0 aliphatic carbocycles. The Morgan fingerprint density at radius 1 is 1.04 bits per heavy atom. The van der Waals surface area contributed by atoms with Gasteiger partial charge in [0.2, 0.25) is 11.8 Å². The van der Waals surface area contributed by atoms with Gasteiger partial charge in [-0.05, 0) is 67.8 Å². The van der Waals surface area contributed by atoms with E-state index in [1.165, 1.54) is 0 Å². The molecule has 0 aliphatic rings. The lowest BCUT2D eigenvalue weighted by molar-refractivity contribution is -0.124. The van der Waals surface area contributed by atoms with Gasteiger partial charge in [-0.2, -0.15) is 5.10 Å². The highest BCUT2D eigenvalue weighted by molar-refractivity contribution is 5.94. The molecule has 0 saturated carbocycles. The zero-order valence-corrected chi connectivity index (χ0v) is 15.9. The third kappa shape index (κ3) is 6.93. The molecule has 2 N–H and O–H groups in total. The van der Waals surface area contributed by atoms with E-state index in [1.807, 2.05) is 63.2 Å². The Bertz CT molecular complexity index is 814. The number of aryl methyl sites for hydroxylation is 2. The Labute approximate surface area is 159 Å². The molecule has 0 atom stereocenters. The Morgan fingerprint density at radius 2 is 1.74 bits per heavy atom. The van der Waals surface area contributed by atoms with E-state index in [1.54, 1.807) is 6.21 Å². The van der Waals surface area contributed by atoms with Crippen molar-refractivity contribution in [2.24, 2.45) is 5.10 Å². The fraction of sp³-hybridized carbons (Fsp3) is 0.286. The maximum Gasteiger partial charge on any atom is 0.240 e. The highest BCUT2D eigenvalue weighted by atomic mass is 16.5. The summed E-state index contributed by atoms with van der Waals surface area (Å²) in [6, 6.07) is 13.2. The van der Waals surface area contributed by atoms with E-state index in [-0.39, 0.29) is 24.7 Å². The third-order valence-corrected chi connectivity index (χ3v) is 3.84. The first-order valence-corrected chi connectivity index (χ1v) is 8.90. The molecule has 0 bridgehead atoms. The summed E-state index contributed by atoms with van der Waals surface area (Å²) in [5.41, 5.74) is 6.09. The van der Waals surface area contributed by atoms with Crippen LogP contribution in [0.3, 0.4) is 0 Å². The highest BCUT2D eigenvalue weighted by Gasteiger charge is 2.08. The summed E-state index contributed by atoms with van der Waals surface area (Å²) in [6.07, 6.45) is 1.71. The van der Waals surface area contributed by atoms with Crippen molar-refractivity contribution in [2.75, 3.05) is 11.9 Å². The second-order valence-electron chi connectivity index (χ2n) is 6.16. The van der Waals surface area contributed by atoms with Crippen LogP contribution in [0.4, 0.5) is 5.69 Å². The zero-order chi connectivity index (χ0) is 19.6. The van der Waals surface area contributed by atoms with Gasteiger partial charge in [-0.3, -0.25) is 9.59 Å². The largest absolute Gasteiger partial charge is 0.494 e. The molecule has 2 rings (SSSR count). The number of benzene rings is 2. The molecule has 27 heavy (non-hydrogen) atoms. The van der Waals surface area contributed by atoms with E-state index < -0.39 is 0 Å². The van der Waals surface area contributed by atoms with E-state index in [0.29, 0.717) is 6.61 Å². The van der Waals surface area contributed by atoms with Gasteiger partial charge in [-0.1, -0.05) is 12.1 Å². The van der Waals surface area contributed by atoms with Gasteiger partial charge in [-0.25, -0.2) is 5.43 Å². The number of amides is 2. The van der Waals surface area contributed by atoms with Crippen LogP contribution in [-0.2, 0) is 9.59 Å². The maximum atomic E-state index is 12.0.